The number of morpholine rings is 1. The quantitative estimate of drug-likeness (QED) is 0.388. The molecule has 1 aliphatic carbocycles. The minimum Gasteiger partial charge on any atom is -0.374 e. The van der Waals surface area contributed by atoms with Gasteiger partial charge in [0.05, 0.1) is 12.7 Å². The van der Waals surface area contributed by atoms with Crippen LogP contribution in [-0.2, 0) is 10.2 Å². The van der Waals surface area contributed by atoms with Crippen molar-refractivity contribution in [3.05, 3.63) is 34.9 Å². The van der Waals surface area contributed by atoms with Crippen molar-refractivity contribution < 1.29 is 4.74 Å². The zero-order chi connectivity index (χ0) is 17.0. The largest absolute Gasteiger partial charge is 0.374 e. The molecule has 1 aromatic rings. The summed E-state index contributed by atoms with van der Waals surface area (Å²) in [5, 5.41) is 7.66. The van der Waals surface area contributed by atoms with Crippen LogP contribution in [0.25, 0.3) is 0 Å². The number of halogens is 2. The van der Waals surface area contributed by atoms with Gasteiger partial charge in [0.1, 0.15) is 0 Å². The maximum absolute atomic E-state index is 6.14. The number of ether oxygens (including phenoxy) is 1. The summed E-state index contributed by atoms with van der Waals surface area (Å²) in [5.41, 5.74) is 1.51. The third kappa shape index (κ3) is 5.70. The van der Waals surface area contributed by atoms with Gasteiger partial charge in [-0.25, -0.2) is 0 Å². The van der Waals surface area contributed by atoms with E-state index in [-0.39, 0.29) is 35.5 Å². The summed E-state index contributed by atoms with van der Waals surface area (Å²) in [4.78, 5) is 6.63. The third-order valence-corrected chi connectivity index (χ3v) is 5.18. The van der Waals surface area contributed by atoms with Crippen molar-refractivity contribution in [2.75, 3.05) is 46.9 Å². The van der Waals surface area contributed by atoms with Gasteiger partial charge in [-0.3, -0.25) is 4.99 Å². The first-order chi connectivity index (χ1) is 11.6. The molecule has 25 heavy (non-hydrogen) atoms. The number of aliphatic imine (C=N–C) groups is 1. The zero-order valence-corrected chi connectivity index (χ0v) is 18.0. The van der Waals surface area contributed by atoms with E-state index in [1.165, 1.54) is 18.4 Å². The summed E-state index contributed by atoms with van der Waals surface area (Å²) in [5.74, 6) is 0.833. The fourth-order valence-corrected chi connectivity index (χ4v) is 3.40. The molecular formula is C18H28ClIN4O. The second kappa shape index (κ2) is 9.39. The molecule has 1 atom stereocenters. The molecule has 1 aromatic carbocycles. The maximum Gasteiger partial charge on any atom is 0.191 e. The van der Waals surface area contributed by atoms with Crippen molar-refractivity contribution in [3.63, 3.8) is 0 Å². The first-order valence-corrected chi connectivity index (χ1v) is 9.00. The van der Waals surface area contributed by atoms with Gasteiger partial charge in [-0.2, -0.15) is 0 Å². The first-order valence-electron chi connectivity index (χ1n) is 8.62. The zero-order valence-electron chi connectivity index (χ0n) is 14.9. The number of guanidine groups is 1. The van der Waals surface area contributed by atoms with E-state index in [0.29, 0.717) is 0 Å². The molecule has 7 heteroatoms. The SMILES string of the molecule is CN=C(NCC1CN(C)CCO1)NCC1(c2cccc(Cl)c2)CC1.I. The maximum atomic E-state index is 6.14. The van der Waals surface area contributed by atoms with Crippen molar-refractivity contribution in [2.24, 2.45) is 4.99 Å². The van der Waals surface area contributed by atoms with Gasteiger partial charge >= 0.3 is 0 Å². The predicted molar refractivity (Wildman–Crippen MR) is 114 cm³/mol. The second-order valence-corrected chi connectivity index (χ2v) is 7.29. The Morgan fingerprint density at radius 3 is 2.84 bits per heavy atom. The van der Waals surface area contributed by atoms with Crippen molar-refractivity contribution in [1.29, 1.82) is 0 Å². The number of benzene rings is 1. The highest BCUT2D eigenvalue weighted by atomic mass is 127. The Morgan fingerprint density at radius 2 is 2.20 bits per heavy atom. The van der Waals surface area contributed by atoms with Crippen molar-refractivity contribution >= 4 is 41.5 Å². The van der Waals surface area contributed by atoms with Crippen LogP contribution in [0.3, 0.4) is 0 Å². The number of rotatable bonds is 5. The lowest BCUT2D eigenvalue weighted by Gasteiger charge is -2.30. The van der Waals surface area contributed by atoms with Crippen LogP contribution in [0.4, 0.5) is 0 Å². The van der Waals surface area contributed by atoms with Gasteiger partial charge in [-0.15, -0.1) is 24.0 Å². The average Bonchev–Trinajstić information content (AvgIpc) is 3.36. The van der Waals surface area contributed by atoms with Crippen LogP contribution in [0.1, 0.15) is 18.4 Å². The molecule has 1 aliphatic heterocycles. The number of likely N-dealkylation sites (N-methyl/N-ethyl adjacent to an activating group) is 1. The molecule has 3 rings (SSSR count). The molecule has 0 radical (unpaired) electrons. The lowest BCUT2D eigenvalue weighted by Crippen LogP contribution is -2.49. The van der Waals surface area contributed by atoms with Gasteiger partial charge in [0.15, 0.2) is 5.96 Å². The Hall–Kier alpha value is -0.570. The molecule has 140 valence electrons. The monoisotopic (exact) mass is 478 g/mol. The standard InChI is InChI=1S/C18H27ClN4O.HI/c1-20-17(21-11-16-12-23(2)8-9-24-16)22-13-18(6-7-18)14-4-3-5-15(19)10-14;/h3-5,10,16H,6-9,11-13H2,1-2H3,(H2,20,21,22);1H. The van der Waals surface area contributed by atoms with E-state index in [9.17, 15) is 0 Å². The van der Waals surface area contributed by atoms with E-state index in [2.05, 4.69) is 39.7 Å². The molecule has 2 N–H and O–H groups in total. The number of hydrogen-bond acceptors (Lipinski definition) is 3. The van der Waals surface area contributed by atoms with Gasteiger partial charge in [0.25, 0.3) is 0 Å². The molecule has 0 amide bonds. The summed E-state index contributed by atoms with van der Waals surface area (Å²) in [6.07, 6.45) is 2.59. The van der Waals surface area contributed by atoms with E-state index in [1.807, 2.05) is 19.2 Å². The van der Waals surface area contributed by atoms with Gasteiger partial charge in [-0.1, -0.05) is 23.7 Å². The number of hydrogen-bond donors (Lipinski definition) is 2. The Labute approximate surface area is 172 Å². The summed E-state index contributed by atoms with van der Waals surface area (Å²) in [7, 11) is 3.94. The average molecular weight is 479 g/mol. The minimum absolute atomic E-state index is 0. The van der Waals surface area contributed by atoms with Crippen LogP contribution < -0.4 is 10.6 Å². The molecule has 0 spiro atoms. The molecule has 2 fully saturated rings. The van der Waals surface area contributed by atoms with E-state index in [1.54, 1.807) is 0 Å². The molecule has 1 saturated heterocycles. The van der Waals surface area contributed by atoms with Gasteiger partial charge in [0, 0.05) is 43.7 Å². The van der Waals surface area contributed by atoms with Crippen molar-refractivity contribution in [1.82, 2.24) is 15.5 Å². The van der Waals surface area contributed by atoms with Crippen molar-refractivity contribution in [2.45, 2.75) is 24.4 Å². The minimum atomic E-state index is 0. The summed E-state index contributed by atoms with van der Waals surface area (Å²) in [6, 6.07) is 8.21. The Kier molecular flexibility index (Phi) is 7.79. The van der Waals surface area contributed by atoms with E-state index >= 15 is 0 Å². The predicted octanol–water partition coefficient (Wildman–Crippen LogP) is 2.49. The van der Waals surface area contributed by atoms with Crippen molar-refractivity contribution in [3.8, 4) is 0 Å². The van der Waals surface area contributed by atoms with Crippen LogP contribution in [0.5, 0.6) is 0 Å². The molecule has 0 bridgehead atoms. The highest BCUT2D eigenvalue weighted by Crippen LogP contribution is 2.48. The van der Waals surface area contributed by atoms with Crippen LogP contribution in [0.2, 0.25) is 5.02 Å². The highest BCUT2D eigenvalue weighted by molar-refractivity contribution is 14.0. The summed E-state index contributed by atoms with van der Waals surface area (Å²) in [6.45, 7) is 4.40. The molecular weight excluding hydrogens is 451 g/mol. The topological polar surface area (TPSA) is 48.9 Å². The van der Waals surface area contributed by atoms with E-state index in [4.69, 9.17) is 16.3 Å². The Balaban J connectivity index is 0.00000225. The van der Waals surface area contributed by atoms with Crippen LogP contribution in [-0.4, -0.2) is 63.8 Å². The lowest BCUT2D eigenvalue weighted by molar-refractivity contribution is -0.0161. The normalized spacial score (nSPS) is 22.8. The number of nitrogens with zero attached hydrogens (tertiary/aromatic N) is 2. The molecule has 1 heterocycles. The molecule has 0 aromatic heterocycles. The smallest absolute Gasteiger partial charge is 0.191 e. The molecule has 1 saturated carbocycles. The Bertz CT molecular complexity index is 594. The van der Waals surface area contributed by atoms with Gasteiger partial charge in [0.2, 0.25) is 0 Å². The van der Waals surface area contributed by atoms with Crippen LogP contribution in [0.15, 0.2) is 29.3 Å². The molecule has 1 unspecified atom stereocenters. The number of nitrogens with one attached hydrogen (secondary N) is 2. The lowest BCUT2D eigenvalue weighted by atomic mass is 9.96. The summed E-state index contributed by atoms with van der Waals surface area (Å²) >= 11 is 6.14. The van der Waals surface area contributed by atoms with Gasteiger partial charge < -0.3 is 20.3 Å². The molecule has 5 nitrogen and oxygen atoms in total. The summed E-state index contributed by atoms with van der Waals surface area (Å²) < 4.78 is 5.78. The first kappa shape index (κ1) is 20.7. The second-order valence-electron chi connectivity index (χ2n) is 6.85. The van der Waals surface area contributed by atoms with Crippen LogP contribution >= 0.6 is 35.6 Å². The van der Waals surface area contributed by atoms with Gasteiger partial charge in [-0.05, 0) is 37.6 Å². The fourth-order valence-electron chi connectivity index (χ4n) is 3.21. The fraction of sp³-hybridized carbons (Fsp3) is 0.611. The Morgan fingerprint density at radius 1 is 1.40 bits per heavy atom. The molecule has 2 aliphatic rings. The van der Waals surface area contributed by atoms with E-state index in [0.717, 1.165) is 43.8 Å². The van der Waals surface area contributed by atoms with E-state index < -0.39 is 0 Å². The third-order valence-electron chi connectivity index (χ3n) is 4.95. The van der Waals surface area contributed by atoms with Crippen LogP contribution in [0, 0.1) is 0 Å². The highest BCUT2D eigenvalue weighted by Gasteiger charge is 2.44.